The number of nitrogens with one attached hydrogen (secondary N) is 2. The van der Waals surface area contributed by atoms with Gasteiger partial charge in [-0.25, -0.2) is 14.8 Å². The van der Waals surface area contributed by atoms with Crippen molar-refractivity contribution in [2.75, 3.05) is 18.4 Å². The summed E-state index contributed by atoms with van der Waals surface area (Å²) < 4.78 is 5.14. The minimum atomic E-state index is -0.481. The van der Waals surface area contributed by atoms with E-state index < -0.39 is 11.7 Å². The molecule has 118 valence electrons. The first-order chi connectivity index (χ1) is 9.69. The molecule has 1 aromatic rings. The van der Waals surface area contributed by atoms with Gasteiger partial charge in [0.2, 0.25) is 0 Å². The number of anilines is 1. The van der Waals surface area contributed by atoms with Crippen molar-refractivity contribution >= 4 is 23.5 Å². The lowest BCUT2D eigenvalue weighted by atomic mass is 10.2. The number of hydrogen-bond acceptors (Lipinski definition) is 5. The highest BCUT2D eigenvalue weighted by molar-refractivity contribution is 6.31. The minimum Gasteiger partial charge on any atom is -0.444 e. The van der Waals surface area contributed by atoms with E-state index >= 15 is 0 Å². The summed E-state index contributed by atoms with van der Waals surface area (Å²) in [6.07, 6.45) is 0.316. The highest BCUT2D eigenvalue weighted by Crippen LogP contribution is 2.18. The predicted molar refractivity (Wildman–Crippen MR) is 83.9 cm³/mol. The lowest BCUT2D eigenvalue weighted by Crippen LogP contribution is -2.33. The van der Waals surface area contributed by atoms with E-state index in [1.54, 1.807) is 0 Å². The van der Waals surface area contributed by atoms with Crippen LogP contribution in [-0.4, -0.2) is 34.8 Å². The van der Waals surface area contributed by atoms with Gasteiger partial charge >= 0.3 is 6.09 Å². The van der Waals surface area contributed by atoms with E-state index in [4.69, 9.17) is 16.3 Å². The molecule has 0 fully saturated rings. The number of amides is 1. The van der Waals surface area contributed by atoms with Crippen molar-refractivity contribution < 1.29 is 9.53 Å². The van der Waals surface area contributed by atoms with Gasteiger partial charge in [0.25, 0.3) is 0 Å². The van der Waals surface area contributed by atoms with Gasteiger partial charge in [-0.1, -0.05) is 11.6 Å². The summed E-state index contributed by atoms with van der Waals surface area (Å²) in [6, 6.07) is 0. The van der Waals surface area contributed by atoms with E-state index in [2.05, 4.69) is 20.6 Å². The number of ether oxygens (including phenoxy) is 1. The van der Waals surface area contributed by atoms with Crippen LogP contribution in [0.15, 0.2) is 0 Å². The quantitative estimate of drug-likeness (QED) is 0.817. The van der Waals surface area contributed by atoms with Gasteiger partial charge in [-0.2, -0.15) is 0 Å². The van der Waals surface area contributed by atoms with Crippen LogP contribution in [0, 0.1) is 13.8 Å². The fraction of sp³-hybridized carbons (Fsp3) is 0.643. The molecule has 21 heavy (non-hydrogen) atoms. The molecular formula is C14H23ClN4O2. The topological polar surface area (TPSA) is 76.1 Å². The van der Waals surface area contributed by atoms with E-state index in [1.165, 1.54) is 0 Å². The van der Waals surface area contributed by atoms with Gasteiger partial charge in [0.1, 0.15) is 5.60 Å². The Morgan fingerprint density at radius 2 is 1.81 bits per heavy atom. The molecule has 0 unspecified atom stereocenters. The van der Waals surface area contributed by atoms with Crippen molar-refractivity contribution in [3.8, 4) is 0 Å². The third kappa shape index (κ3) is 6.62. The van der Waals surface area contributed by atoms with Crippen LogP contribution in [0.2, 0.25) is 5.15 Å². The molecule has 0 spiro atoms. The molecule has 0 atom stereocenters. The van der Waals surface area contributed by atoms with Crippen LogP contribution in [0.25, 0.3) is 0 Å². The molecule has 1 heterocycles. The number of carbonyl (C=O) groups is 1. The Balaban J connectivity index is 2.29. The van der Waals surface area contributed by atoms with E-state index in [0.717, 1.165) is 17.8 Å². The van der Waals surface area contributed by atoms with Crippen LogP contribution in [-0.2, 0) is 4.74 Å². The van der Waals surface area contributed by atoms with Crippen LogP contribution in [0.4, 0.5) is 10.6 Å². The lowest BCUT2D eigenvalue weighted by Gasteiger charge is -2.19. The van der Waals surface area contributed by atoms with Crippen LogP contribution in [0.3, 0.4) is 0 Å². The van der Waals surface area contributed by atoms with Crippen LogP contribution in [0.1, 0.15) is 38.6 Å². The summed E-state index contributed by atoms with van der Waals surface area (Å²) in [5.74, 6) is 0.567. The zero-order valence-corrected chi connectivity index (χ0v) is 14.0. The van der Waals surface area contributed by atoms with Gasteiger partial charge in [-0.05, 0) is 41.0 Å². The van der Waals surface area contributed by atoms with Crippen molar-refractivity contribution in [3.63, 3.8) is 0 Å². The molecule has 1 amide bonds. The lowest BCUT2D eigenvalue weighted by molar-refractivity contribution is 0.0528. The third-order valence-corrected chi connectivity index (χ3v) is 2.84. The highest BCUT2D eigenvalue weighted by Gasteiger charge is 2.15. The van der Waals surface area contributed by atoms with Gasteiger partial charge in [0.15, 0.2) is 11.0 Å². The number of halogens is 1. The first-order valence-corrected chi connectivity index (χ1v) is 7.28. The molecular weight excluding hydrogens is 292 g/mol. The molecule has 0 aliphatic rings. The van der Waals surface area contributed by atoms with Crippen molar-refractivity contribution in [2.24, 2.45) is 0 Å². The zero-order valence-electron chi connectivity index (χ0n) is 13.2. The predicted octanol–water partition coefficient (Wildman–Crippen LogP) is 3.07. The second kappa shape index (κ2) is 7.45. The molecule has 0 saturated heterocycles. The molecule has 1 rings (SSSR count). The molecule has 7 heteroatoms. The van der Waals surface area contributed by atoms with Gasteiger partial charge < -0.3 is 15.4 Å². The van der Waals surface area contributed by atoms with Crippen LogP contribution in [0.5, 0.6) is 0 Å². The summed E-state index contributed by atoms with van der Waals surface area (Å²) in [5.41, 5.74) is 1.18. The molecule has 0 aliphatic carbocycles. The Kier molecular flexibility index (Phi) is 6.20. The molecule has 0 radical (unpaired) electrons. The molecule has 6 nitrogen and oxygen atoms in total. The van der Waals surface area contributed by atoms with Crippen molar-refractivity contribution in [1.29, 1.82) is 0 Å². The molecule has 1 aromatic heterocycles. The van der Waals surface area contributed by atoms with Gasteiger partial charge in [-0.3, -0.25) is 0 Å². The Hall–Kier alpha value is -1.56. The van der Waals surface area contributed by atoms with E-state index in [9.17, 15) is 4.79 Å². The molecule has 0 bridgehead atoms. The highest BCUT2D eigenvalue weighted by atomic mass is 35.5. The van der Waals surface area contributed by atoms with E-state index in [-0.39, 0.29) is 0 Å². The van der Waals surface area contributed by atoms with Gasteiger partial charge in [-0.15, -0.1) is 0 Å². The molecule has 2 N–H and O–H groups in total. The number of alkyl carbamates (subject to hydrolysis) is 1. The monoisotopic (exact) mass is 314 g/mol. The molecule has 0 aliphatic heterocycles. The van der Waals surface area contributed by atoms with Gasteiger partial charge in [0, 0.05) is 13.1 Å². The average molecular weight is 315 g/mol. The standard InChI is InChI=1S/C14H23ClN4O2/c1-9-10(2)19-12(11(15)18-9)16-7-6-8-17-13(20)21-14(3,4)5/h6-8H2,1-5H3,(H,16,19)(H,17,20). The second-order valence-electron chi connectivity index (χ2n) is 5.74. The Labute approximate surface area is 130 Å². The first-order valence-electron chi connectivity index (χ1n) is 6.90. The number of carbonyl (C=O) groups excluding carboxylic acids is 1. The SMILES string of the molecule is Cc1nc(Cl)c(NCCCNC(=O)OC(C)(C)C)nc1C. The maximum Gasteiger partial charge on any atom is 0.407 e. The Morgan fingerprint density at radius 3 is 2.43 bits per heavy atom. The number of hydrogen-bond donors (Lipinski definition) is 2. The summed E-state index contributed by atoms with van der Waals surface area (Å²) in [5, 5.41) is 6.16. The van der Waals surface area contributed by atoms with E-state index in [1.807, 2.05) is 34.6 Å². The maximum atomic E-state index is 11.4. The summed E-state index contributed by atoms with van der Waals surface area (Å²) in [7, 11) is 0. The largest absolute Gasteiger partial charge is 0.444 e. The molecule has 0 saturated carbocycles. The van der Waals surface area contributed by atoms with Crippen LogP contribution < -0.4 is 10.6 Å². The summed E-state index contributed by atoms with van der Waals surface area (Å²) in [4.78, 5) is 20.0. The smallest absolute Gasteiger partial charge is 0.407 e. The molecule has 0 aromatic carbocycles. The van der Waals surface area contributed by atoms with Gasteiger partial charge in [0.05, 0.1) is 11.4 Å². The third-order valence-electron chi connectivity index (χ3n) is 2.58. The summed E-state index contributed by atoms with van der Waals surface area (Å²) in [6.45, 7) is 10.4. The zero-order chi connectivity index (χ0) is 16.0. The fourth-order valence-corrected chi connectivity index (χ4v) is 1.72. The van der Waals surface area contributed by atoms with E-state index in [0.29, 0.717) is 24.1 Å². The minimum absolute atomic E-state index is 0.359. The van der Waals surface area contributed by atoms with Crippen molar-refractivity contribution in [1.82, 2.24) is 15.3 Å². The average Bonchev–Trinajstić information content (AvgIpc) is 2.32. The summed E-state index contributed by atoms with van der Waals surface area (Å²) >= 11 is 6.01. The number of aryl methyl sites for hydroxylation is 2. The van der Waals surface area contributed by atoms with Crippen molar-refractivity contribution in [3.05, 3.63) is 16.5 Å². The van der Waals surface area contributed by atoms with Crippen LogP contribution >= 0.6 is 11.6 Å². The first kappa shape index (κ1) is 17.5. The van der Waals surface area contributed by atoms with Crippen molar-refractivity contribution in [2.45, 2.75) is 46.6 Å². The number of rotatable bonds is 5. The Morgan fingerprint density at radius 1 is 1.19 bits per heavy atom. The fourth-order valence-electron chi connectivity index (χ4n) is 1.49. The maximum absolute atomic E-state index is 11.4. The normalized spacial score (nSPS) is 11.1. The second-order valence-corrected chi connectivity index (χ2v) is 6.10. The Bertz CT molecular complexity index is 500. The number of aromatic nitrogens is 2. The number of nitrogens with zero attached hydrogens (tertiary/aromatic N) is 2.